The fourth-order valence-electron chi connectivity index (χ4n) is 3.01. The Bertz CT molecular complexity index is 1160. The maximum Gasteiger partial charge on any atom is 0.325 e. The molecule has 2 heterocycles. The van der Waals surface area contributed by atoms with Gasteiger partial charge in [-0.2, -0.15) is 4.99 Å². The van der Waals surface area contributed by atoms with E-state index in [0.29, 0.717) is 46.3 Å². The quantitative estimate of drug-likeness (QED) is 0.609. The first-order valence-corrected chi connectivity index (χ1v) is 9.64. The van der Waals surface area contributed by atoms with Gasteiger partial charge in [-0.15, -0.1) is 0 Å². The van der Waals surface area contributed by atoms with E-state index in [1.54, 1.807) is 34.9 Å². The van der Waals surface area contributed by atoms with E-state index in [0.717, 1.165) is 4.70 Å². The molecule has 0 fully saturated rings. The first kappa shape index (κ1) is 19.0. The third-order valence-electron chi connectivity index (χ3n) is 4.40. The summed E-state index contributed by atoms with van der Waals surface area (Å²) in [6, 6.07) is 10.5. The molecule has 1 amide bonds. The number of carbonyl (C=O) groups is 2. The van der Waals surface area contributed by atoms with Crippen LogP contribution in [0.15, 0.2) is 41.4 Å². The summed E-state index contributed by atoms with van der Waals surface area (Å²) >= 11 is 1.28. The Labute approximate surface area is 169 Å². The molecule has 0 spiro atoms. The molecule has 1 aliphatic heterocycles. The fraction of sp³-hybridized carbons (Fsp3) is 0.250. The molecule has 9 heteroatoms. The maximum absolute atomic E-state index is 12.8. The Morgan fingerprint density at radius 3 is 2.59 bits per heavy atom. The smallest absolute Gasteiger partial charge is 0.325 e. The van der Waals surface area contributed by atoms with Gasteiger partial charge in [0, 0.05) is 12.1 Å². The number of fused-ring (bicyclic) bond motifs is 2. The second kappa shape index (κ2) is 7.96. The van der Waals surface area contributed by atoms with Crippen LogP contribution in [0.25, 0.3) is 10.2 Å². The van der Waals surface area contributed by atoms with Crippen LogP contribution < -0.4 is 19.0 Å². The van der Waals surface area contributed by atoms with Crippen LogP contribution in [0.1, 0.15) is 10.4 Å². The zero-order valence-corrected chi connectivity index (χ0v) is 16.7. The average Bonchev–Trinajstić information content (AvgIpc) is 3.07. The molecule has 1 aromatic heterocycles. The number of aromatic nitrogens is 1. The standard InChI is InChI=1S/C20H18N2O6S/c1-25-14-6-4-3-5-12(14)19(24)21-20-22(11-18(23)26-2)13-9-15-16(10-17(13)29-20)28-8-7-27-15/h3-6,9-10H,7-8,11H2,1-2H3. The van der Waals surface area contributed by atoms with Crippen molar-refractivity contribution in [1.29, 1.82) is 0 Å². The van der Waals surface area contributed by atoms with Gasteiger partial charge in [0.25, 0.3) is 5.91 Å². The third-order valence-corrected chi connectivity index (χ3v) is 5.44. The topological polar surface area (TPSA) is 88.4 Å². The van der Waals surface area contributed by atoms with Crippen molar-refractivity contribution in [2.24, 2.45) is 4.99 Å². The number of ether oxygens (including phenoxy) is 4. The number of rotatable bonds is 4. The molecule has 0 N–H and O–H groups in total. The molecule has 0 unspecified atom stereocenters. The second-order valence-corrected chi connectivity index (χ2v) is 7.14. The lowest BCUT2D eigenvalue weighted by Crippen LogP contribution is -2.22. The number of methoxy groups -OCH3 is 2. The van der Waals surface area contributed by atoms with E-state index in [2.05, 4.69) is 4.99 Å². The van der Waals surface area contributed by atoms with Gasteiger partial charge in [0.1, 0.15) is 25.5 Å². The fourth-order valence-corrected chi connectivity index (χ4v) is 4.04. The Morgan fingerprint density at radius 1 is 1.14 bits per heavy atom. The second-order valence-electron chi connectivity index (χ2n) is 6.13. The molecule has 29 heavy (non-hydrogen) atoms. The zero-order chi connectivity index (χ0) is 20.4. The van der Waals surface area contributed by atoms with Crippen molar-refractivity contribution in [3.05, 3.63) is 46.8 Å². The Hall–Kier alpha value is -3.33. The summed E-state index contributed by atoms with van der Waals surface area (Å²) in [6.07, 6.45) is 0. The molecule has 0 saturated carbocycles. The van der Waals surface area contributed by atoms with E-state index in [1.165, 1.54) is 25.6 Å². The number of amides is 1. The van der Waals surface area contributed by atoms with Gasteiger partial charge >= 0.3 is 5.97 Å². The molecule has 3 aromatic rings. The van der Waals surface area contributed by atoms with Crippen molar-refractivity contribution < 1.29 is 28.5 Å². The molecule has 150 valence electrons. The Morgan fingerprint density at radius 2 is 1.86 bits per heavy atom. The van der Waals surface area contributed by atoms with Crippen molar-refractivity contribution in [1.82, 2.24) is 4.57 Å². The Balaban J connectivity index is 1.87. The molecule has 2 aromatic carbocycles. The molecule has 4 rings (SSSR count). The minimum atomic E-state index is -0.468. The number of benzene rings is 2. The number of thiazole rings is 1. The number of hydrogen-bond donors (Lipinski definition) is 0. The van der Waals surface area contributed by atoms with Crippen molar-refractivity contribution in [2.75, 3.05) is 27.4 Å². The minimum absolute atomic E-state index is 0.0891. The van der Waals surface area contributed by atoms with E-state index in [9.17, 15) is 9.59 Å². The first-order valence-electron chi connectivity index (χ1n) is 8.82. The largest absolute Gasteiger partial charge is 0.496 e. The van der Waals surface area contributed by atoms with Crippen LogP contribution in [0.4, 0.5) is 0 Å². The van der Waals surface area contributed by atoms with Crippen molar-refractivity contribution in [3.8, 4) is 17.2 Å². The van der Waals surface area contributed by atoms with Gasteiger partial charge in [-0.1, -0.05) is 23.5 Å². The summed E-state index contributed by atoms with van der Waals surface area (Å²) in [5.74, 6) is 0.718. The predicted octanol–water partition coefficient (Wildman–Crippen LogP) is 2.40. The lowest BCUT2D eigenvalue weighted by Gasteiger charge is -2.18. The molecule has 0 aliphatic carbocycles. The van der Waals surface area contributed by atoms with Crippen LogP contribution in [-0.4, -0.2) is 43.9 Å². The minimum Gasteiger partial charge on any atom is -0.496 e. The monoisotopic (exact) mass is 414 g/mol. The molecular formula is C20H18N2O6S. The van der Waals surface area contributed by atoms with Crippen molar-refractivity contribution in [2.45, 2.75) is 6.54 Å². The predicted molar refractivity (Wildman–Crippen MR) is 106 cm³/mol. The highest BCUT2D eigenvalue weighted by molar-refractivity contribution is 7.16. The molecule has 0 atom stereocenters. The van der Waals surface area contributed by atoms with Crippen LogP contribution in [0.5, 0.6) is 17.2 Å². The number of nitrogens with zero attached hydrogens (tertiary/aromatic N) is 2. The summed E-state index contributed by atoms with van der Waals surface area (Å²) < 4.78 is 23.8. The van der Waals surface area contributed by atoms with Gasteiger partial charge in [0.15, 0.2) is 16.3 Å². The van der Waals surface area contributed by atoms with Crippen LogP contribution in [0.3, 0.4) is 0 Å². The number of esters is 1. The van der Waals surface area contributed by atoms with E-state index in [4.69, 9.17) is 18.9 Å². The number of hydrogen-bond acceptors (Lipinski definition) is 7. The van der Waals surface area contributed by atoms with Crippen LogP contribution in [0.2, 0.25) is 0 Å². The Kier molecular flexibility index (Phi) is 5.22. The van der Waals surface area contributed by atoms with Gasteiger partial charge in [-0.3, -0.25) is 9.59 Å². The van der Waals surface area contributed by atoms with E-state index in [1.807, 2.05) is 6.07 Å². The lowest BCUT2D eigenvalue weighted by atomic mass is 10.2. The summed E-state index contributed by atoms with van der Waals surface area (Å²) in [4.78, 5) is 29.4. The van der Waals surface area contributed by atoms with Gasteiger partial charge in [-0.05, 0) is 12.1 Å². The van der Waals surface area contributed by atoms with Gasteiger partial charge in [0.05, 0.1) is 30.0 Å². The summed E-state index contributed by atoms with van der Waals surface area (Å²) in [6.45, 7) is 0.826. The van der Waals surface area contributed by atoms with Gasteiger partial charge in [-0.25, -0.2) is 0 Å². The van der Waals surface area contributed by atoms with Crippen LogP contribution in [0, 0.1) is 0 Å². The van der Waals surface area contributed by atoms with Crippen molar-refractivity contribution in [3.63, 3.8) is 0 Å². The van der Waals surface area contributed by atoms with E-state index < -0.39 is 11.9 Å². The van der Waals surface area contributed by atoms with Crippen LogP contribution >= 0.6 is 11.3 Å². The van der Waals surface area contributed by atoms with E-state index >= 15 is 0 Å². The molecule has 1 aliphatic rings. The number of para-hydroxylation sites is 1. The van der Waals surface area contributed by atoms with Crippen LogP contribution in [-0.2, 0) is 16.1 Å². The lowest BCUT2D eigenvalue weighted by molar-refractivity contribution is -0.141. The number of carbonyl (C=O) groups excluding carboxylic acids is 2. The zero-order valence-electron chi connectivity index (χ0n) is 15.8. The third kappa shape index (κ3) is 3.68. The molecule has 0 radical (unpaired) electrons. The van der Waals surface area contributed by atoms with Gasteiger partial charge in [0.2, 0.25) is 0 Å². The molecule has 0 bridgehead atoms. The average molecular weight is 414 g/mol. The molecular weight excluding hydrogens is 396 g/mol. The summed E-state index contributed by atoms with van der Waals surface area (Å²) in [5.41, 5.74) is 1.04. The summed E-state index contributed by atoms with van der Waals surface area (Å²) in [5, 5.41) is 0. The maximum atomic E-state index is 12.8. The normalized spacial score (nSPS) is 13.4. The highest BCUT2D eigenvalue weighted by Crippen LogP contribution is 2.35. The highest BCUT2D eigenvalue weighted by Gasteiger charge is 2.19. The highest BCUT2D eigenvalue weighted by atomic mass is 32.1. The summed E-state index contributed by atoms with van der Waals surface area (Å²) in [7, 11) is 2.81. The van der Waals surface area contributed by atoms with Crippen molar-refractivity contribution >= 4 is 33.4 Å². The van der Waals surface area contributed by atoms with Gasteiger partial charge < -0.3 is 23.5 Å². The first-order chi connectivity index (χ1) is 14.1. The molecule has 0 saturated heterocycles. The van der Waals surface area contributed by atoms with E-state index in [-0.39, 0.29) is 6.54 Å². The SMILES string of the molecule is COC(=O)Cn1c(=NC(=O)c2ccccc2OC)sc2cc3c(cc21)OCCO3. The molecule has 8 nitrogen and oxygen atoms in total.